The lowest BCUT2D eigenvalue weighted by atomic mass is 10.1. The Balaban J connectivity index is 2.72. The Labute approximate surface area is 101 Å². The third-order valence-electron chi connectivity index (χ3n) is 2.26. The second kappa shape index (κ2) is 5.29. The Morgan fingerprint density at radius 2 is 1.76 bits per heavy atom. The van der Waals surface area contributed by atoms with Gasteiger partial charge in [0, 0.05) is 19.7 Å². The maximum Gasteiger partial charge on any atom is 0.265 e. The second-order valence-corrected chi connectivity index (χ2v) is 5.50. The maximum atomic E-state index is 11.6. The van der Waals surface area contributed by atoms with Gasteiger partial charge in [-0.1, -0.05) is 12.1 Å². The second-order valence-electron chi connectivity index (χ2n) is 3.93. The Morgan fingerprint density at radius 3 is 2.18 bits per heavy atom. The van der Waals surface area contributed by atoms with Gasteiger partial charge in [-0.2, -0.15) is 8.42 Å². The topological polar surface area (TPSA) is 74.7 Å². The van der Waals surface area contributed by atoms with Crippen LogP contribution in [0.2, 0.25) is 0 Å². The van der Waals surface area contributed by atoms with E-state index in [-0.39, 0.29) is 18.1 Å². The number of carbonyl (C=O) groups is 1. The monoisotopic (exact) mass is 257 g/mol. The summed E-state index contributed by atoms with van der Waals surface area (Å²) in [6.07, 6.45) is 0.231. The first-order valence-corrected chi connectivity index (χ1v) is 6.66. The first-order valence-electron chi connectivity index (χ1n) is 5.05. The minimum Gasteiger partial charge on any atom is -0.345 e. The summed E-state index contributed by atoms with van der Waals surface area (Å²) in [5, 5.41) is 0. The van der Waals surface area contributed by atoms with Gasteiger partial charge in [-0.25, -0.2) is 0 Å². The van der Waals surface area contributed by atoms with Gasteiger partial charge in [0.1, 0.15) is 0 Å². The van der Waals surface area contributed by atoms with Crippen molar-refractivity contribution in [3.63, 3.8) is 0 Å². The SMILES string of the molecule is CN(C)C(=O)c1ccc(CCS(=O)(=O)O)cc1. The fraction of sp³-hybridized carbons (Fsp3) is 0.364. The highest BCUT2D eigenvalue weighted by atomic mass is 32.2. The Kier molecular flexibility index (Phi) is 4.25. The number of rotatable bonds is 4. The molecular formula is C11H15NO4S. The first-order chi connectivity index (χ1) is 7.79. The molecule has 0 aromatic heterocycles. The zero-order valence-electron chi connectivity index (χ0n) is 9.75. The molecule has 0 heterocycles. The van der Waals surface area contributed by atoms with Crippen LogP contribution in [-0.4, -0.2) is 43.6 Å². The Hall–Kier alpha value is -1.40. The molecule has 0 saturated heterocycles. The van der Waals surface area contributed by atoms with E-state index in [1.165, 1.54) is 4.90 Å². The fourth-order valence-corrected chi connectivity index (χ4v) is 1.81. The number of amides is 1. The molecule has 0 saturated carbocycles. The number of hydrogen-bond donors (Lipinski definition) is 1. The van der Waals surface area contributed by atoms with Crippen LogP contribution in [0.1, 0.15) is 15.9 Å². The number of nitrogens with zero attached hydrogens (tertiary/aromatic N) is 1. The largest absolute Gasteiger partial charge is 0.345 e. The van der Waals surface area contributed by atoms with E-state index in [0.717, 1.165) is 5.56 Å². The van der Waals surface area contributed by atoms with E-state index >= 15 is 0 Å². The van der Waals surface area contributed by atoms with Crippen LogP contribution in [0.3, 0.4) is 0 Å². The summed E-state index contributed by atoms with van der Waals surface area (Å²) in [4.78, 5) is 13.0. The molecular weight excluding hydrogens is 242 g/mol. The van der Waals surface area contributed by atoms with Crippen molar-refractivity contribution in [1.29, 1.82) is 0 Å². The van der Waals surface area contributed by atoms with E-state index in [0.29, 0.717) is 5.56 Å². The summed E-state index contributed by atoms with van der Waals surface area (Å²) in [7, 11) is -0.615. The standard InChI is InChI=1S/C11H15NO4S/c1-12(2)11(13)10-5-3-9(4-6-10)7-8-17(14,15)16/h3-6H,7-8H2,1-2H3,(H,14,15,16). The van der Waals surface area contributed by atoms with Gasteiger partial charge in [-0.15, -0.1) is 0 Å². The molecule has 1 N–H and O–H groups in total. The van der Waals surface area contributed by atoms with Crippen LogP contribution in [0, 0.1) is 0 Å². The summed E-state index contributed by atoms with van der Waals surface area (Å²) in [6.45, 7) is 0. The highest BCUT2D eigenvalue weighted by Crippen LogP contribution is 2.07. The molecule has 0 fully saturated rings. The lowest BCUT2D eigenvalue weighted by Crippen LogP contribution is -2.21. The fourth-order valence-electron chi connectivity index (χ4n) is 1.32. The summed E-state index contributed by atoms with van der Waals surface area (Å²) < 4.78 is 29.7. The van der Waals surface area contributed by atoms with Crippen LogP contribution in [0.15, 0.2) is 24.3 Å². The van der Waals surface area contributed by atoms with Gasteiger partial charge in [-0.05, 0) is 24.1 Å². The van der Waals surface area contributed by atoms with Crippen LogP contribution >= 0.6 is 0 Å². The summed E-state index contributed by atoms with van der Waals surface area (Å²) >= 11 is 0. The number of carbonyl (C=O) groups excluding carboxylic acids is 1. The molecule has 0 unspecified atom stereocenters. The van der Waals surface area contributed by atoms with Crippen LogP contribution in [-0.2, 0) is 16.5 Å². The number of benzene rings is 1. The molecule has 0 bridgehead atoms. The van der Waals surface area contributed by atoms with Crippen molar-refractivity contribution in [2.24, 2.45) is 0 Å². The average Bonchev–Trinajstić information content (AvgIpc) is 2.25. The van der Waals surface area contributed by atoms with Gasteiger partial charge >= 0.3 is 0 Å². The lowest BCUT2D eigenvalue weighted by Gasteiger charge is -2.10. The van der Waals surface area contributed by atoms with Gasteiger partial charge in [0.15, 0.2) is 0 Å². The maximum absolute atomic E-state index is 11.6. The lowest BCUT2D eigenvalue weighted by molar-refractivity contribution is 0.0827. The highest BCUT2D eigenvalue weighted by Gasteiger charge is 2.08. The van der Waals surface area contributed by atoms with Crippen molar-refractivity contribution in [2.45, 2.75) is 6.42 Å². The van der Waals surface area contributed by atoms with Gasteiger partial charge in [-0.3, -0.25) is 9.35 Å². The third kappa shape index (κ3) is 4.54. The molecule has 0 atom stereocenters. The quantitative estimate of drug-likeness (QED) is 0.810. The van der Waals surface area contributed by atoms with Crippen LogP contribution in [0.25, 0.3) is 0 Å². The molecule has 17 heavy (non-hydrogen) atoms. The molecule has 1 rings (SSSR count). The predicted octanol–water partition coefficient (Wildman–Crippen LogP) is 0.819. The smallest absolute Gasteiger partial charge is 0.265 e. The summed E-state index contributed by atoms with van der Waals surface area (Å²) in [6, 6.07) is 6.65. The van der Waals surface area contributed by atoms with E-state index in [1.54, 1.807) is 38.4 Å². The molecule has 6 heteroatoms. The average molecular weight is 257 g/mol. The zero-order chi connectivity index (χ0) is 13.1. The van der Waals surface area contributed by atoms with Gasteiger partial charge in [0.25, 0.3) is 16.0 Å². The van der Waals surface area contributed by atoms with E-state index in [4.69, 9.17) is 4.55 Å². The van der Waals surface area contributed by atoms with Crippen molar-refractivity contribution in [2.75, 3.05) is 19.8 Å². The van der Waals surface area contributed by atoms with Crippen LogP contribution in [0.4, 0.5) is 0 Å². The Morgan fingerprint density at radius 1 is 1.24 bits per heavy atom. The number of hydrogen-bond acceptors (Lipinski definition) is 3. The highest BCUT2D eigenvalue weighted by molar-refractivity contribution is 7.85. The minimum absolute atomic E-state index is 0.105. The molecule has 1 amide bonds. The summed E-state index contributed by atoms with van der Waals surface area (Å²) in [5.41, 5.74) is 1.31. The molecule has 0 aliphatic rings. The van der Waals surface area contributed by atoms with Crippen molar-refractivity contribution >= 4 is 16.0 Å². The van der Waals surface area contributed by atoms with E-state index in [2.05, 4.69) is 0 Å². The molecule has 1 aromatic carbocycles. The molecule has 0 spiro atoms. The van der Waals surface area contributed by atoms with Gasteiger partial charge in [0.05, 0.1) is 5.75 Å². The molecule has 1 aromatic rings. The van der Waals surface area contributed by atoms with Crippen molar-refractivity contribution in [3.05, 3.63) is 35.4 Å². The molecule has 0 aliphatic heterocycles. The van der Waals surface area contributed by atoms with Gasteiger partial charge in [0.2, 0.25) is 0 Å². The van der Waals surface area contributed by atoms with Crippen molar-refractivity contribution < 1.29 is 17.8 Å². The Bertz CT molecular complexity index is 491. The predicted molar refractivity (Wildman–Crippen MR) is 64.6 cm³/mol. The molecule has 0 aliphatic carbocycles. The normalized spacial score (nSPS) is 11.2. The molecule has 94 valence electrons. The zero-order valence-corrected chi connectivity index (χ0v) is 10.6. The van der Waals surface area contributed by atoms with Crippen LogP contribution in [0.5, 0.6) is 0 Å². The van der Waals surface area contributed by atoms with E-state index in [1.807, 2.05) is 0 Å². The first kappa shape index (κ1) is 13.7. The minimum atomic E-state index is -3.94. The third-order valence-corrected chi connectivity index (χ3v) is 2.98. The number of aryl methyl sites for hydroxylation is 1. The van der Waals surface area contributed by atoms with E-state index < -0.39 is 10.1 Å². The molecule has 5 nitrogen and oxygen atoms in total. The molecule has 0 radical (unpaired) electrons. The van der Waals surface area contributed by atoms with Crippen molar-refractivity contribution in [3.8, 4) is 0 Å². The van der Waals surface area contributed by atoms with Crippen molar-refractivity contribution in [1.82, 2.24) is 4.90 Å². The van der Waals surface area contributed by atoms with Crippen LogP contribution < -0.4 is 0 Å². The van der Waals surface area contributed by atoms with Gasteiger partial charge < -0.3 is 4.90 Å². The van der Waals surface area contributed by atoms with E-state index in [9.17, 15) is 13.2 Å². The summed E-state index contributed by atoms with van der Waals surface area (Å²) in [5.74, 6) is -0.417.